The largest absolute Gasteiger partial charge is 0.470 e. The number of carbonyl (C=O) groups is 1. The molecule has 0 spiro atoms. The topological polar surface area (TPSA) is 64.1 Å². The molecule has 5 heteroatoms. The highest BCUT2D eigenvalue weighted by Crippen LogP contribution is 2.31. The normalized spacial score (nSPS) is 17.9. The maximum absolute atomic E-state index is 11.8. The SMILES string of the molecule is O=C1Nc2ncccc2OC1c1ccccn1. The smallest absolute Gasteiger partial charge is 0.273 e. The van der Waals surface area contributed by atoms with E-state index in [4.69, 9.17) is 4.74 Å². The van der Waals surface area contributed by atoms with Crippen molar-refractivity contribution in [2.24, 2.45) is 0 Å². The highest BCUT2D eigenvalue weighted by Gasteiger charge is 2.30. The van der Waals surface area contributed by atoms with Gasteiger partial charge in [0.15, 0.2) is 11.6 Å². The van der Waals surface area contributed by atoms with Gasteiger partial charge in [-0.15, -0.1) is 0 Å². The average Bonchev–Trinajstić information content (AvgIpc) is 2.39. The number of hydrogen-bond donors (Lipinski definition) is 1. The van der Waals surface area contributed by atoms with Crippen molar-refractivity contribution < 1.29 is 9.53 Å². The molecule has 0 aromatic carbocycles. The molecule has 0 radical (unpaired) electrons. The first-order valence-electron chi connectivity index (χ1n) is 5.18. The Balaban J connectivity index is 1.98. The molecule has 84 valence electrons. The molecule has 0 fully saturated rings. The van der Waals surface area contributed by atoms with Crippen LogP contribution in [-0.2, 0) is 4.79 Å². The first kappa shape index (κ1) is 9.77. The number of rotatable bonds is 1. The Kier molecular flexibility index (Phi) is 2.22. The summed E-state index contributed by atoms with van der Waals surface area (Å²) in [6.07, 6.45) is 2.52. The van der Waals surface area contributed by atoms with Crippen LogP contribution in [0.3, 0.4) is 0 Å². The van der Waals surface area contributed by atoms with E-state index in [0.717, 1.165) is 0 Å². The van der Waals surface area contributed by atoms with Crippen molar-refractivity contribution >= 4 is 11.7 Å². The molecule has 1 amide bonds. The molecule has 1 N–H and O–H groups in total. The molecule has 0 aliphatic carbocycles. The summed E-state index contributed by atoms with van der Waals surface area (Å²) in [4.78, 5) is 20.0. The van der Waals surface area contributed by atoms with E-state index in [1.165, 1.54) is 0 Å². The summed E-state index contributed by atoms with van der Waals surface area (Å²) < 4.78 is 5.59. The number of carbonyl (C=O) groups excluding carboxylic acids is 1. The van der Waals surface area contributed by atoms with Gasteiger partial charge in [-0.1, -0.05) is 6.07 Å². The van der Waals surface area contributed by atoms with E-state index in [1.54, 1.807) is 36.7 Å². The van der Waals surface area contributed by atoms with Crippen LogP contribution in [0.25, 0.3) is 0 Å². The number of pyridine rings is 2. The molecule has 2 aromatic heterocycles. The van der Waals surface area contributed by atoms with E-state index in [2.05, 4.69) is 15.3 Å². The fraction of sp³-hybridized carbons (Fsp3) is 0.0833. The number of ether oxygens (including phenoxy) is 1. The van der Waals surface area contributed by atoms with Crippen LogP contribution < -0.4 is 10.1 Å². The zero-order valence-electron chi connectivity index (χ0n) is 8.83. The highest BCUT2D eigenvalue weighted by atomic mass is 16.5. The van der Waals surface area contributed by atoms with E-state index < -0.39 is 6.10 Å². The van der Waals surface area contributed by atoms with Gasteiger partial charge in [0, 0.05) is 12.4 Å². The van der Waals surface area contributed by atoms with Gasteiger partial charge >= 0.3 is 0 Å². The number of nitrogens with one attached hydrogen (secondary N) is 1. The lowest BCUT2D eigenvalue weighted by Gasteiger charge is -2.24. The molecule has 3 heterocycles. The van der Waals surface area contributed by atoms with Crippen molar-refractivity contribution in [3.63, 3.8) is 0 Å². The maximum Gasteiger partial charge on any atom is 0.273 e. The number of hydrogen-bond acceptors (Lipinski definition) is 4. The molecule has 1 aliphatic rings. The number of nitrogens with zero attached hydrogens (tertiary/aromatic N) is 2. The van der Waals surface area contributed by atoms with Crippen LogP contribution in [0, 0.1) is 0 Å². The molecule has 0 saturated carbocycles. The molecule has 5 nitrogen and oxygen atoms in total. The van der Waals surface area contributed by atoms with Crippen LogP contribution in [0.1, 0.15) is 11.8 Å². The van der Waals surface area contributed by atoms with Crippen molar-refractivity contribution in [1.82, 2.24) is 9.97 Å². The predicted molar refractivity (Wildman–Crippen MR) is 60.5 cm³/mol. The Bertz CT molecular complexity index is 557. The Morgan fingerprint density at radius 1 is 1.12 bits per heavy atom. The van der Waals surface area contributed by atoms with Crippen molar-refractivity contribution in [3.8, 4) is 5.75 Å². The first-order valence-corrected chi connectivity index (χ1v) is 5.18. The lowest BCUT2D eigenvalue weighted by molar-refractivity contribution is -0.124. The van der Waals surface area contributed by atoms with Crippen LogP contribution in [0.15, 0.2) is 42.7 Å². The van der Waals surface area contributed by atoms with Gasteiger partial charge in [0.25, 0.3) is 5.91 Å². The van der Waals surface area contributed by atoms with Gasteiger partial charge in [0.2, 0.25) is 6.10 Å². The molecule has 17 heavy (non-hydrogen) atoms. The van der Waals surface area contributed by atoms with E-state index in [-0.39, 0.29) is 5.91 Å². The van der Waals surface area contributed by atoms with Crippen LogP contribution in [-0.4, -0.2) is 15.9 Å². The monoisotopic (exact) mass is 227 g/mol. The molecule has 3 rings (SSSR count). The van der Waals surface area contributed by atoms with Gasteiger partial charge in [-0.3, -0.25) is 9.78 Å². The first-order chi connectivity index (χ1) is 8.34. The molecule has 0 saturated heterocycles. The molecule has 0 bridgehead atoms. The molecule has 1 unspecified atom stereocenters. The van der Waals surface area contributed by atoms with E-state index >= 15 is 0 Å². The average molecular weight is 227 g/mol. The Hall–Kier alpha value is -2.43. The predicted octanol–water partition coefficient (Wildman–Crippen LogP) is 1.55. The molecule has 2 aromatic rings. The minimum atomic E-state index is -0.715. The standard InChI is InChI=1S/C12H9N3O2/c16-12-10(8-4-1-2-6-13-8)17-9-5-3-7-14-11(9)15-12/h1-7,10H,(H,14,15,16). The van der Waals surface area contributed by atoms with Gasteiger partial charge < -0.3 is 10.1 Å². The minimum Gasteiger partial charge on any atom is -0.470 e. The zero-order valence-corrected chi connectivity index (χ0v) is 8.83. The number of fused-ring (bicyclic) bond motifs is 1. The molecular weight excluding hydrogens is 218 g/mol. The van der Waals surface area contributed by atoms with Gasteiger partial charge in [0.05, 0.1) is 5.69 Å². The van der Waals surface area contributed by atoms with E-state index in [0.29, 0.717) is 17.3 Å². The summed E-state index contributed by atoms with van der Waals surface area (Å²) >= 11 is 0. The summed E-state index contributed by atoms with van der Waals surface area (Å²) in [5.74, 6) is 0.752. The lowest BCUT2D eigenvalue weighted by Crippen LogP contribution is -2.31. The summed E-state index contributed by atoms with van der Waals surface area (Å²) in [5.41, 5.74) is 0.583. The van der Waals surface area contributed by atoms with E-state index in [1.807, 2.05) is 6.07 Å². The third-order valence-corrected chi connectivity index (χ3v) is 2.45. The van der Waals surface area contributed by atoms with Crippen LogP contribution in [0.4, 0.5) is 5.82 Å². The van der Waals surface area contributed by atoms with Crippen molar-refractivity contribution in [3.05, 3.63) is 48.4 Å². The summed E-state index contributed by atoms with van der Waals surface area (Å²) in [6.45, 7) is 0. The fourth-order valence-electron chi connectivity index (χ4n) is 1.67. The molecular formula is C12H9N3O2. The van der Waals surface area contributed by atoms with Crippen molar-refractivity contribution in [2.45, 2.75) is 6.10 Å². The highest BCUT2D eigenvalue weighted by molar-refractivity contribution is 5.96. The summed E-state index contributed by atoms with van der Waals surface area (Å²) in [7, 11) is 0. The van der Waals surface area contributed by atoms with Crippen molar-refractivity contribution in [2.75, 3.05) is 5.32 Å². The maximum atomic E-state index is 11.8. The Labute approximate surface area is 97.5 Å². The molecule has 1 atom stereocenters. The number of anilines is 1. The van der Waals surface area contributed by atoms with Crippen LogP contribution in [0.2, 0.25) is 0 Å². The Morgan fingerprint density at radius 2 is 2.00 bits per heavy atom. The number of amides is 1. The second-order valence-corrected chi connectivity index (χ2v) is 3.59. The second kappa shape index (κ2) is 3.86. The fourth-order valence-corrected chi connectivity index (χ4v) is 1.67. The van der Waals surface area contributed by atoms with Crippen LogP contribution in [0.5, 0.6) is 5.75 Å². The zero-order chi connectivity index (χ0) is 11.7. The third kappa shape index (κ3) is 1.71. The van der Waals surface area contributed by atoms with Gasteiger partial charge in [-0.25, -0.2) is 4.98 Å². The minimum absolute atomic E-state index is 0.255. The third-order valence-electron chi connectivity index (χ3n) is 2.45. The quantitative estimate of drug-likeness (QED) is 0.802. The lowest BCUT2D eigenvalue weighted by atomic mass is 10.2. The Morgan fingerprint density at radius 3 is 2.82 bits per heavy atom. The second-order valence-electron chi connectivity index (χ2n) is 3.59. The van der Waals surface area contributed by atoms with E-state index in [9.17, 15) is 4.79 Å². The summed E-state index contributed by atoms with van der Waals surface area (Å²) in [6, 6.07) is 8.88. The van der Waals surface area contributed by atoms with Gasteiger partial charge in [-0.05, 0) is 24.3 Å². The van der Waals surface area contributed by atoms with Gasteiger partial charge in [0.1, 0.15) is 0 Å². The summed E-state index contributed by atoms with van der Waals surface area (Å²) in [5, 5.41) is 2.69. The van der Waals surface area contributed by atoms with Crippen molar-refractivity contribution in [1.29, 1.82) is 0 Å². The van der Waals surface area contributed by atoms with Crippen LogP contribution >= 0.6 is 0 Å². The molecule has 1 aliphatic heterocycles. The number of aromatic nitrogens is 2. The van der Waals surface area contributed by atoms with Gasteiger partial charge in [-0.2, -0.15) is 0 Å².